The van der Waals surface area contributed by atoms with E-state index in [1.807, 2.05) is 20.8 Å². The molecule has 0 fully saturated rings. The Bertz CT molecular complexity index is 196. The minimum Gasteiger partial charge on any atom is -0.490 e. The summed E-state index contributed by atoms with van der Waals surface area (Å²) in [6.45, 7) is 7.93. The van der Waals surface area contributed by atoms with Gasteiger partial charge in [-0.15, -0.1) is 0 Å². The van der Waals surface area contributed by atoms with Gasteiger partial charge in [0.1, 0.15) is 5.60 Å². The SMILES string of the molecule is CC(C)N.CCC1(C)OC=C1C=N. The van der Waals surface area contributed by atoms with Gasteiger partial charge in [-0.3, -0.25) is 0 Å². The predicted octanol–water partition coefficient (Wildman–Crippen LogP) is 2.07. The zero-order valence-corrected chi connectivity index (χ0v) is 8.92. The number of ether oxygens (including phenoxy) is 1. The quantitative estimate of drug-likeness (QED) is 0.645. The molecule has 0 saturated carbocycles. The highest BCUT2D eigenvalue weighted by atomic mass is 16.5. The predicted molar refractivity (Wildman–Crippen MR) is 56.0 cm³/mol. The lowest BCUT2D eigenvalue weighted by molar-refractivity contribution is 0.0287. The Kier molecular flexibility index (Phi) is 4.70. The minimum absolute atomic E-state index is 0.151. The first-order chi connectivity index (χ1) is 5.96. The average Bonchev–Trinajstić information content (AvgIpc) is 2.01. The summed E-state index contributed by atoms with van der Waals surface area (Å²) in [6, 6.07) is 0.333. The molecular weight excluding hydrogens is 164 g/mol. The first-order valence-electron chi connectivity index (χ1n) is 4.60. The molecule has 0 aromatic rings. The second-order valence-corrected chi connectivity index (χ2v) is 3.66. The zero-order valence-electron chi connectivity index (χ0n) is 8.92. The molecular formula is C10H20N2O. The Morgan fingerprint density at radius 1 is 1.69 bits per heavy atom. The van der Waals surface area contributed by atoms with Crippen LogP contribution in [0.5, 0.6) is 0 Å². The molecule has 3 nitrogen and oxygen atoms in total. The van der Waals surface area contributed by atoms with Crippen LogP contribution in [0.25, 0.3) is 0 Å². The Morgan fingerprint density at radius 3 is 2.23 bits per heavy atom. The van der Waals surface area contributed by atoms with Crippen LogP contribution < -0.4 is 5.73 Å². The fourth-order valence-corrected chi connectivity index (χ4v) is 0.802. The van der Waals surface area contributed by atoms with E-state index in [2.05, 4.69) is 6.92 Å². The third-order valence-corrected chi connectivity index (χ3v) is 1.89. The summed E-state index contributed by atoms with van der Waals surface area (Å²) in [5.41, 5.74) is 5.95. The molecule has 0 aliphatic carbocycles. The van der Waals surface area contributed by atoms with Crippen molar-refractivity contribution >= 4 is 6.21 Å². The summed E-state index contributed by atoms with van der Waals surface area (Å²) < 4.78 is 5.16. The van der Waals surface area contributed by atoms with E-state index in [1.165, 1.54) is 6.21 Å². The van der Waals surface area contributed by atoms with Crippen LogP contribution >= 0.6 is 0 Å². The van der Waals surface area contributed by atoms with Crippen molar-refractivity contribution < 1.29 is 4.74 Å². The summed E-state index contributed by atoms with van der Waals surface area (Å²) >= 11 is 0. The summed E-state index contributed by atoms with van der Waals surface area (Å²) in [7, 11) is 0. The second kappa shape index (κ2) is 5.02. The van der Waals surface area contributed by atoms with Gasteiger partial charge in [0, 0.05) is 11.8 Å². The largest absolute Gasteiger partial charge is 0.490 e. The summed E-state index contributed by atoms with van der Waals surface area (Å²) in [5, 5.41) is 6.95. The van der Waals surface area contributed by atoms with E-state index in [0.29, 0.717) is 6.04 Å². The van der Waals surface area contributed by atoms with Gasteiger partial charge in [-0.1, -0.05) is 20.8 Å². The Labute approximate surface area is 80.5 Å². The maximum absolute atomic E-state index is 6.95. The molecule has 0 aromatic heterocycles. The first kappa shape index (κ1) is 12.2. The van der Waals surface area contributed by atoms with E-state index in [4.69, 9.17) is 15.9 Å². The molecule has 0 radical (unpaired) electrons. The molecule has 3 N–H and O–H groups in total. The van der Waals surface area contributed by atoms with E-state index in [0.717, 1.165) is 12.0 Å². The molecule has 1 aliphatic heterocycles. The van der Waals surface area contributed by atoms with Crippen molar-refractivity contribution in [2.45, 2.75) is 45.8 Å². The molecule has 0 bridgehead atoms. The van der Waals surface area contributed by atoms with Gasteiger partial charge in [0.05, 0.1) is 6.26 Å². The van der Waals surface area contributed by atoms with Crippen LogP contribution in [-0.4, -0.2) is 17.9 Å². The van der Waals surface area contributed by atoms with E-state index in [1.54, 1.807) is 6.26 Å². The molecule has 0 saturated heterocycles. The number of nitrogens with one attached hydrogen (secondary N) is 1. The van der Waals surface area contributed by atoms with Crippen molar-refractivity contribution in [3.63, 3.8) is 0 Å². The monoisotopic (exact) mass is 184 g/mol. The maximum atomic E-state index is 6.95. The lowest BCUT2D eigenvalue weighted by Crippen LogP contribution is -2.36. The lowest BCUT2D eigenvalue weighted by atomic mass is 9.91. The molecule has 1 unspecified atom stereocenters. The van der Waals surface area contributed by atoms with Gasteiger partial charge < -0.3 is 15.9 Å². The van der Waals surface area contributed by atoms with Crippen molar-refractivity contribution in [2.24, 2.45) is 5.73 Å². The van der Waals surface area contributed by atoms with Crippen LogP contribution in [0.15, 0.2) is 11.8 Å². The molecule has 0 amide bonds. The van der Waals surface area contributed by atoms with E-state index in [9.17, 15) is 0 Å². The fraction of sp³-hybridized carbons (Fsp3) is 0.700. The third-order valence-electron chi connectivity index (χ3n) is 1.89. The molecule has 0 aromatic carbocycles. The molecule has 0 spiro atoms. The van der Waals surface area contributed by atoms with Crippen LogP contribution in [-0.2, 0) is 4.74 Å². The highest BCUT2D eigenvalue weighted by molar-refractivity contribution is 5.79. The zero-order chi connectivity index (χ0) is 10.5. The van der Waals surface area contributed by atoms with Crippen molar-refractivity contribution in [1.82, 2.24) is 0 Å². The highest BCUT2D eigenvalue weighted by Crippen LogP contribution is 2.32. The number of rotatable bonds is 2. The molecule has 1 aliphatic rings. The Balaban J connectivity index is 0.000000310. The van der Waals surface area contributed by atoms with Crippen LogP contribution in [0.2, 0.25) is 0 Å². The van der Waals surface area contributed by atoms with Gasteiger partial charge in [0.2, 0.25) is 0 Å². The van der Waals surface area contributed by atoms with Crippen LogP contribution in [0.1, 0.15) is 34.1 Å². The fourth-order valence-electron chi connectivity index (χ4n) is 0.802. The normalized spacial score (nSPS) is 24.9. The van der Waals surface area contributed by atoms with Gasteiger partial charge in [-0.2, -0.15) is 0 Å². The van der Waals surface area contributed by atoms with Gasteiger partial charge >= 0.3 is 0 Å². The number of nitrogens with two attached hydrogens (primary N) is 1. The number of hydrogen-bond acceptors (Lipinski definition) is 3. The standard InChI is InChI=1S/C7H11NO.C3H9N/c1-3-7(2)6(4-8)5-9-7;1-3(2)4/h4-5,8H,3H2,1-2H3;3H,4H2,1-2H3. The highest BCUT2D eigenvalue weighted by Gasteiger charge is 2.33. The molecule has 1 rings (SSSR count). The van der Waals surface area contributed by atoms with E-state index in [-0.39, 0.29) is 5.60 Å². The summed E-state index contributed by atoms with van der Waals surface area (Å²) in [6.07, 6.45) is 3.93. The minimum atomic E-state index is -0.151. The molecule has 1 atom stereocenters. The van der Waals surface area contributed by atoms with Gasteiger partial charge in [-0.25, -0.2) is 0 Å². The van der Waals surface area contributed by atoms with Gasteiger partial charge in [-0.05, 0) is 19.4 Å². The molecule has 3 heteroatoms. The first-order valence-corrected chi connectivity index (χ1v) is 4.60. The van der Waals surface area contributed by atoms with Crippen molar-refractivity contribution in [3.05, 3.63) is 11.8 Å². The Hall–Kier alpha value is -0.830. The smallest absolute Gasteiger partial charge is 0.134 e. The van der Waals surface area contributed by atoms with Crippen molar-refractivity contribution in [2.75, 3.05) is 0 Å². The second-order valence-electron chi connectivity index (χ2n) is 3.66. The summed E-state index contributed by atoms with van der Waals surface area (Å²) in [4.78, 5) is 0. The number of hydrogen-bond donors (Lipinski definition) is 2. The molecule has 13 heavy (non-hydrogen) atoms. The molecule has 1 heterocycles. The summed E-state index contributed by atoms with van der Waals surface area (Å²) in [5.74, 6) is 0. The van der Waals surface area contributed by atoms with Crippen LogP contribution in [0.4, 0.5) is 0 Å². The molecule has 76 valence electrons. The topological polar surface area (TPSA) is 59.1 Å². The third kappa shape index (κ3) is 3.59. The van der Waals surface area contributed by atoms with Gasteiger partial charge in [0.25, 0.3) is 0 Å². The van der Waals surface area contributed by atoms with E-state index < -0.39 is 0 Å². The van der Waals surface area contributed by atoms with Gasteiger partial charge in [0.15, 0.2) is 0 Å². The maximum Gasteiger partial charge on any atom is 0.134 e. The average molecular weight is 184 g/mol. The van der Waals surface area contributed by atoms with Crippen molar-refractivity contribution in [1.29, 1.82) is 5.41 Å². The van der Waals surface area contributed by atoms with Crippen LogP contribution in [0, 0.1) is 5.41 Å². The van der Waals surface area contributed by atoms with E-state index >= 15 is 0 Å². The Morgan fingerprint density at radius 2 is 2.15 bits per heavy atom. The lowest BCUT2D eigenvalue weighted by Gasteiger charge is -2.36. The van der Waals surface area contributed by atoms with Crippen molar-refractivity contribution in [3.8, 4) is 0 Å². The van der Waals surface area contributed by atoms with Crippen LogP contribution in [0.3, 0.4) is 0 Å².